The zero-order chi connectivity index (χ0) is 10.9. The van der Waals surface area contributed by atoms with Crippen LogP contribution in [0.5, 0.6) is 0 Å². The van der Waals surface area contributed by atoms with Crippen molar-refractivity contribution >= 4 is 5.91 Å². The number of carbonyl (C=O) groups excluding carboxylic acids is 1. The maximum atomic E-state index is 11.5. The fraction of sp³-hybridized carbons (Fsp3) is 0.917. The predicted molar refractivity (Wildman–Crippen MR) is 60.3 cm³/mol. The lowest BCUT2D eigenvalue weighted by molar-refractivity contribution is -0.121. The molecule has 2 unspecified atom stereocenters. The molecule has 2 aliphatic rings. The summed E-state index contributed by atoms with van der Waals surface area (Å²) in [5.41, 5.74) is 6.09. The van der Waals surface area contributed by atoms with Gasteiger partial charge < -0.3 is 11.1 Å². The lowest BCUT2D eigenvalue weighted by Crippen LogP contribution is -2.34. The third-order valence-electron chi connectivity index (χ3n) is 3.88. The molecule has 0 aromatic heterocycles. The van der Waals surface area contributed by atoms with Crippen LogP contribution in [0.15, 0.2) is 0 Å². The molecule has 0 bridgehead atoms. The number of carbonyl (C=O) groups is 1. The van der Waals surface area contributed by atoms with Crippen LogP contribution in [0.4, 0.5) is 0 Å². The van der Waals surface area contributed by atoms with E-state index in [1.54, 1.807) is 0 Å². The molecule has 3 N–H and O–H groups in total. The summed E-state index contributed by atoms with van der Waals surface area (Å²) in [5, 5.41) is 3.13. The number of rotatable bonds is 3. The van der Waals surface area contributed by atoms with Crippen molar-refractivity contribution in [3.8, 4) is 0 Å². The summed E-state index contributed by atoms with van der Waals surface area (Å²) >= 11 is 0. The Bertz CT molecular complexity index is 244. The van der Waals surface area contributed by atoms with Crippen LogP contribution in [-0.4, -0.2) is 18.0 Å². The van der Waals surface area contributed by atoms with Gasteiger partial charge in [0.15, 0.2) is 0 Å². The minimum Gasteiger partial charge on any atom is -0.353 e. The summed E-state index contributed by atoms with van der Waals surface area (Å²) in [6, 6.07) is 0.440. The topological polar surface area (TPSA) is 55.1 Å². The maximum absolute atomic E-state index is 11.5. The van der Waals surface area contributed by atoms with Crippen LogP contribution in [0, 0.1) is 5.41 Å². The average molecular weight is 210 g/mol. The Balaban J connectivity index is 1.76. The Labute approximate surface area is 91.8 Å². The van der Waals surface area contributed by atoms with Gasteiger partial charge in [0.25, 0.3) is 0 Å². The van der Waals surface area contributed by atoms with Gasteiger partial charge in [-0.3, -0.25) is 4.79 Å². The van der Waals surface area contributed by atoms with Crippen molar-refractivity contribution in [3.05, 3.63) is 0 Å². The third kappa shape index (κ3) is 2.51. The van der Waals surface area contributed by atoms with Crippen LogP contribution in [-0.2, 0) is 4.79 Å². The molecule has 2 rings (SSSR count). The zero-order valence-electron chi connectivity index (χ0n) is 9.59. The van der Waals surface area contributed by atoms with Crippen molar-refractivity contribution in [2.24, 2.45) is 11.1 Å². The van der Waals surface area contributed by atoms with Crippen molar-refractivity contribution in [2.75, 3.05) is 0 Å². The van der Waals surface area contributed by atoms with Crippen molar-refractivity contribution in [2.45, 2.75) is 64.0 Å². The minimum atomic E-state index is -0.0222. The van der Waals surface area contributed by atoms with Crippen LogP contribution in [0.3, 0.4) is 0 Å². The van der Waals surface area contributed by atoms with Gasteiger partial charge in [0.1, 0.15) is 0 Å². The predicted octanol–water partition coefficient (Wildman–Crippen LogP) is 1.56. The van der Waals surface area contributed by atoms with E-state index in [-0.39, 0.29) is 11.9 Å². The molecule has 15 heavy (non-hydrogen) atoms. The van der Waals surface area contributed by atoms with Crippen LogP contribution in [0.2, 0.25) is 0 Å². The molecular weight excluding hydrogens is 188 g/mol. The van der Waals surface area contributed by atoms with Crippen LogP contribution in [0.1, 0.15) is 51.9 Å². The Morgan fingerprint density at radius 1 is 1.47 bits per heavy atom. The molecule has 0 radical (unpaired) electrons. The number of hydrogen-bond acceptors (Lipinski definition) is 2. The summed E-state index contributed by atoms with van der Waals surface area (Å²) in [6.07, 6.45) is 8.37. The van der Waals surface area contributed by atoms with E-state index in [1.807, 2.05) is 6.92 Å². The quantitative estimate of drug-likeness (QED) is 0.742. The second kappa shape index (κ2) is 4.12. The standard InChI is InChI=1S/C12H22N2O/c1-9(13)7-11(15)14-10-8-12(10)5-3-2-4-6-12/h9-10H,2-8,13H2,1H3,(H,14,15). The molecule has 0 aromatic rings. The average Bonchev–Trinajstić information content (AvgIpc) is 2.77. The molecule has 1 amide bonds. The highest BCUT2D eigenvalue weighted by molar-refractivity contribution is 5.77. The number of nitrogens with one attached hydrogen (secondary N) is 1. The molecule has 2 atom stereocenters. The first-order chi connectivity index (χ1) is 7.12. The van der Waals surface area contributed by atoms with E-state index in [0.717, 1.165) is 0 Å². The summed E-state index contributed by atoms with van der Waals surface area (Å²) in [5.74, 6) is 0.137. The molecular formula is C12H22N2O. The van der Waals surface area contributed by atoms with Gasteiger partial charge in [-0.25, -0.2) is 0 Å². The Kier molecular flexibility index (Phi) is 3.01. The van der Waals surface area contributed by atoms with Gasteiger partial charge in [0, 0.05) is 18.5 Å². The molecule has 2 saturated carbocycles. The summed E-state index contributed by atoms with van der Waals surface area (Å²) in [4.78, 5) is 11.5. The smallest absolute Gasteiger partial charge is 0.221 e. The minimum absolute atomic E-state index is 0.0222. The number of amides is 1. The van der Waals surface area contributed by atoms with Gasteiger partial charge in [-0.05, 0) is 31.6 Å². The first-order valence-electron chi connectivity index (χ1n) is 6.17. The second-order valence-corrected chi connectivity index (χ2v) is 5.43. The highest BCUT2D eigenvalue weighted by Gasteiger charge is 2.54. The normalized spacial score (nSPS) is 29.9. The van der Waals surface area contributed by atoms with E-state index in [0.29, 0.717) is 17.9 Å². The van der Waals surface area contributed by atoms with E-state index >= 15 is 0 Å². The maximum Gasteiger partial charge on any atom is 0.221 e. The Hall–Kier alpha value is -0.570. The molecule has 86 valence electrons. The fourth-order valence-electron chi connectivity index (χ4n) is 2.91. The molecule has 0 heterocycles. The van der Waals surface area contributed by atoms with Gasteiger partial charge in [0.05, 0.1) is 0 Å². The Morgan fingerprint density at radius 3 is 2.73 bits per heavy atom. The number of nitrogens with two attached hydrogens (primary N) is 1. The monoisotopic (exact) mass is 210 g/mol. The largest absolute Gasteiger partial charge is 0.353 e. The van der Waals surface area contributed by atoms with E-state index < -0.39 is 0 Å². The summed E-state index contributed by atoms with van der Waals surface area (Å²) in [7, 11) is 0. The van der Waals surface area contributed by atoms with E-state index in [9.17, 15) is 4.79 Å². The van der Waals surface area contributed by atoms with Crippen LogP contribution >= 0.6 is 0 Å². The SMILES string of the molecule is CC(N)CC(=O)NC1CC12CCCCC2. The molecule has 0 aliphatic heterocycles. The number of hydrogen-bond donors (Lipinski definition) is 2. The van der Waals surface area contributed by atoms with Crippen molar-refractivity contribution < 1.29 is 4.79 Å². The van der Waals surface area contributed by atoms with Gasteiger partial charge in [-0.1, -0.05) is 19.3 Å². The molecule has 1 spiro atoms. The molecule has 3 nitrogen and oxygen atoms in total. The van der Waals surface area contributed by atoms with Gasteiger partial charge in [-0.2, -0.15) is 0 Å². The Morgan fingerprint density at radius 2 is 2.13 bits per heavy atom. The highest BCUT2D eigenvalue weighted by atomic mass is 16.1. The molecule has 0 saturated heterocycles. The first-order valence-corrected chi connectivity index (χ1v) is 6.17. The van der Waals surface area contributed by atoms with Gasteiger partial charge >= 0.3 is 0 Å². The third-order valence-corrected chi connectivity index (χ3v) is 3.88. The molecule has 2 aliphatic carbocycles. The van der Waals surface area contributed by atoms with E-state index in [4.69, 9.17) is 5.73 Å². The van der Waals surface area contributed by atoms with Crippen molar-refractivity contribution in [1.29, 1.82) is 0 Å². The lowest BCUT2D eigenvalue weighted by atomic mass is 9.86. The second-order valence-electron chi connectivity index (χ2n) is 5.43. The van der Waals surface area contributed by atoms with E-state index in [2.05, 4.69) is 5.32 Å². The van der Waals surface area contributed by atoms with Crippen LogP contribution in [0.25, 0.3) is 0 Å². The van der Waals surface area contributed by atoms with Gasteiger partial charge in [0.2, 0.25) is 5.91 Å². The first kappa shape index (κ1) is 10.9. The zero-order valence-corrected chi connectivity index (χ0v) is 9.59. The molecule has 0 aromatic carbocycles. The van der Waals surface area contributed by atoms with Crippen molar-refractivity contribution in [3.63, 3.8) is 0 Å². The molecule has 2 fully saturated rings. The van der Waals surface area contributed by atoms with Crippen LogP contribution < -0.4 is 11.1 Å². The lowest BCUT2D eigenvalue weighted by Gasteiger charge is -2.22. The fourth-order valence-corrected chi connectivity index (χ4v) is 2.91. The summed E-state index contributed by atoms with van der Waals surface area (Å²) in [6.45, 7) is 1.88. The van der Waals surface area contributed by atoms with Crippen molar-refractivity contribution in [1.82, 2.24) is 5.32 Å². The molecule has 3 heteroatoms. The van der Waals surface area contributed by atoms with Gasteiger partial charge in [-0.15, -0.1) is 0 Å². The van der Waals surface area contributed by atoms with E-state index in [1.165, 1.54) is 38.5 Å². The summed E-state index contributed by atoms with van der Waals surface area (Å²) < 4.78 is 0. The highest BCUT2D eigenvalue weighted by Crippen LogP contribution is 2.56.